The first kappa shape index (κ1) is 19.3. The highest BCUT2D eigenvalue weighted by Gasteiger charge is 2.22. The molecule has 1 N–H and O–H groups in total. The van der Waals surface area contributed by atoms with Crippen molar-refractivity contribution >= 4 is 22.6 Å². The van der Waals surface area contributed by atoms with Gasteiger partial charge in [-0.3, -0.25) is 9.78 Å². The monoisotopic (exact) mass is 416 g/mol. The number of para-hydroxylation sites is 1. The molecule has 8 heteroatoms. The van der Waals surface area contributed by atoms with Crippen molar-refractivity contribution in [1.82, 2.24) is 25.3 Å². The van der Waals surface area contributed by atoms with E-state index < -0.39 is 5.82 Å². The quantitative estimate of drug-likeness (QED) is 0.523. The first-order valence-corrected chi connectivity index (χ1v) is 10.2. The molecule has 1 aliphatic rings. The van der Waals surface area contributed by atoms with Crippen molar-refractivity contribution in [3.8, 4) is 0 Å². The Morgan fingerprint density at radius 1 is 1.13 bits per heavy atom. The second-order valence-electron chi connectivity index (χ2n) is 7.67. The molecule has 4 aromatic rings. The third-order valence-corrected chi connectivity index (χ3v) is 5.57. The maximum Gasteiger partial charge on any atom is 0.249 e. The van der Waals surface area contributed by atoms with Crippen molar-refractivity contribution in [2.45, 2.75) is 19.0 Å². The number of carbonyl (C=O) groups is 1. The Kier molecular flexibility index (Phi) is 5.13. The highest BCUT2D eigenvalue weighted by atomic mass is 19.1. The lowest BCUT2D eigenvalue weighted by Crippen LogP contribution is -2.39. The predicted molar refractivity (Wildman–Crippen MR) is 115 cm³/mol. The summed E-state index contributed by atoms with van der Waals surface area (Å²) < 4.78 is 15.3. The van der Waals surface area contributed by atoms with Crippen molar-refractivity contribution < 1.29 is 9.18 Å². The lowest BCUT2D eigenvalue weighted by Gasteiger charge is -2.28. The van der Waals surface area contributed by atoms with Gasteiger partial charge in [0, 0.05) is 30.9 Å². The molecule has 1 saturated heterocycles. The number of hydrogen-bond donors (Lipinski definition) is 1. The summed E-state index contributed by atoms with van der Waals surface area (Å²) >= 11 is 0. The van der Waals surface area contributed by atoms with E-state index in [9.17, 15) is 9.18 Å². The molecule has 0 radical (unpaired) electrons. The van der Waals surface area contributed by atoms with Gasteiger partial charge < -0.3 is 10.2 Å². The number of aromatic nitrogens is 4. The topological polar surface area (TPSA) is 75.9 Å². The maximum absolute atomic E-state index is 13.7. The van der Waals surface area contributed by atoms with Crippen LogP contribution < -0.4 is 10.2 Å². The van der Waals surface area contributed by atoms with Gasteiger partial charge in [0.1, 0.15) is 17.9 Å². The highest BCUT2D eigenvalue weighted by Crippen LogP contribution is 2.25. The molecule has 2 aromatic carbocycles. The number of fused-ring (bicyclic) bond motifs is 1. The predicted octanol–water partition coefficient (Wildman–Crippen LogP) is 2.89. The number of benzene rings is 2. The molecule has 31 heavy (non-hydrogen) atoms. The van der Waals surface area contributed by atoms with Crippen LogP contribution in [-0.2, 0) is 17.9 Å². The zero-order valence-corrected chi connectivity index (χ0v) is 16.8. The van der Waals surface area contributed by atoms with Crippen LogP contribution >= 0.6 is 0 Å². The Balaban J connectivity index is 1.44. The van der Waals surface area contributed by atoms with Gasteiger partial charge in [-0.2, -0.15) is 0 Å². The average molecular weight is 416 g/mol. The van der Waals surface area contributed by atoms with Crippen LogP contribution in [0.25, 0.3) is 11.0 Å². The molecule has 0 atom stereocenters. The normalized spacial score (nSPS) is 13.8. The zero-order chi connectivity index (χ0) is 21.2. The standard InChI is InChI=1S/C23H21FN6O/c24-19-9-16(10-25-13-19)14-29(20-7-5-17(6-8-20)18-11-26-12-18)23(31)15-30-22-4-2-1-3-21(22)27-28-30/h1-10,13,18,26H,11-12,14-15H2. The summed E-state index contributed by atoms with van der Waals surface area (Å²) in [6, 6.07) is 16.9. The van der Waals surface area contributed by atoms with Gasteiger partial charge in [-0.1, -0.05) is 29.5 Å². The summed E-state index contributed by atoms with van der Waals surface area (Å²) in [7, 11) is 0. The average Bonchev–Trinajstić information content (AvgIpc) is 3.14. The second kappa shape index (κ2) is 8.23. The Labute approximate surface area is 178 Å². The van der Waals surface area contributed by atoms with Crippen molar-refractivity contribution in [3.05, 3.63) is 83.9 Å². The van der Waals surface area contributed by atoms with Gasteiger partial charge in [-0.25, -0.2) is 9.07 Å². The van der Waals surface area contributed by atoms with Crippen molar-refractivity contribution in [3.63, 3.8) is 0 Å². The molecule has 3 heterocycles. The number of carbonyl (C=O) groups excluding carboxylic acids is 1. The van der Waals surface area contributed by atoms with Gasteiger partial charge in [0.15, 0.2) is 0 Å². The fourth-order valence-corrected chi connectivity index (χ4v) is 3.75. The van der Waals surface area contributed by atoms with Gasteiger partial charge >= 0.3 is 0 Å². The number of rotatable bonds is 6. The molecule has 0 spiro atoms. The first-order valence-electron chi connectivity index (χ1n) is 10.2. The fraction of sp³-hybridized carbons (Fsp3) is 0.217. The largest absolute Gasteiger partial charge is 0.315 e. The molecule has 1 fully saturated rings. The smallest absolute Gasteiger partial charge is 0.249 e. The molecule has 1 aliphatic heterocycles. The second-order valence-corrected chi connectivity index (χ2v) is 7.67. The van der Waals surface area contributed by atoms with Gasteiger partial charge in [-0.15, -0.1) is 5.10 Å². The van der Waals surface area contributed by atoms with Crippen molar-refractivity contribution in [2.24, 2.45) is 0 Å². The van der Waals surface area contributed by atoms with E-state index in [0.717, 1.165) is 36.0 Å². The molecule has 0 aliphatic carbocycles. The summed E-state index contributed by atoms with van der Waals surface area (Å²) in [6.07, 6.45) is 2.72. The molecular formula is C23H21FN6O. The molecule has 7 nitrogen and oxygen atoms in total. The zero-order valence-electron chi connectivity index (χ0n) is 16.8. The lowest BCUT2D eigenvalue weighted by atomic mass is 9.93. The van der Waals surface area contributed by atoms with Crippen molar-refractivity contribution in [2.75, 3.05) is 18.0 Å². The van der Waals surface area contributed by atoms with E-state index in [2.05, 4.69) is 32.7 Å². The third-order valence-electron chi connectivity index (χ3n) is 5.57. The number of nitrogens with one attached hydrogen (secondary N) is 1. The van der Waals surface area contributed by atoms with E-state index in [-0.39, 0.29) is 19.0 Å². The lowest BCUT2D eigenvalue weighted by molar-refractivity contribution is -0.119. The number of pyridine rings is 1. The van der Waals surface area contributed by atoms with E-state index in [0.29, 0.717) is 11.5 Å². The Morgan fingerprint density at radius 3 is 2.68 bits per heavy atom. The number of halogens is 1. The molecule has 156 valence electrons. The molecular weight excluding hydrogens is 395 g/mol. The number of amides is 1. The number of anilines is 1. The number of hydrogen-bond acceptors (Lipinski definition) is 5. The van der Waals surface area contributed by atoms with Crippen LogP contribution in [0.5, 0.6) is 0 Å². The van der Waals surface area contributed by atoms with Gasteiger partial charge in [0.2, 0.25) is 5.91 Å². The molecule has 0 unspecified atom stereocenters. The Hall–Kier alpha value is -3.65. The van der Waals surface area contributed by atoms with Gasteiger partial charge in [0.25, 0.3) is 0 Å². The van der Waals surface area contributed by atoms with E-state index >= 15 is 0 Å². The minimum absolute atomic E-state index is 0.0254. The van der Waals surface area contributed by atoms with E-state index in [1.54, 1.807) is 15.8 Å². The fourth-order valence-electron chi connectivity index (χ4n) is 3.75. The van der Waals surface area contributed by atoms with Crippen LogP contribution in [0, 0.1) is 5.82 Å². The third kappa shape index (κ3) is 4.02. The summed E-state index contributed by atoms with van der Waals surface area (Å²) in [5.74, 6) is -0.0925. The van der Waals surface area contributed by atoms with Crippen LogP contribution in [0.15, 0.2) is 67.0 Å². The van der Waals surface area contributed by atoms with Gasteiger partial charge in [0.05, 0.1) is 18.3 Å². The minimum atomic E-state index is -0.431. The van der Waals surface area contributed by atoms with Crippen LogP contribution in [0.3, 0.4) is 0 Å². The van der Waals surface area contributed by atoms with E-state index in [1.165, 1.54) is 11.6 Å². The summed E-state index contributed by atoms with van der Waals surface area (Å²) in [6.45, 7) is 2.17. The summed E-state index contributed by atoms with van der Waals surface area (Å²) in [4.78, 5) is 18.9. The maximum atomic E-state index is 13.7. The van der Waals surface area contributed by atoms with Crippen LogP contribution in [0.4, 0.5) is 10.1 Å². The summed E-state index contributed by atoms with van der Waals surface area (Å²) in [5.41, 5.74) is 4.12. The molecule has 2 aromatic heterocycles. The van der Waals surface area contributed by atoms with Crippen molar-refractivity contribution in [1.29, 1.82) is 0 Å². The molecule has 0 bridgehead atoms. The van der Waals surface area contributed by atoms with Gasteiger partial charge in [-0.05, 0) is 41.5 Å². The first-order chi connectivity index (χ1) is 15.2. The van der Waals surface area contributed by atoms with Crippen LogP contribution in [-0.4, -0.2) is 39.0 Å². The highest BCUT2D eigenvalue weighted by molar-refractivity contribution is 5.93. The Morgan fingerprint density at radius 2 is 1.94 bits per heavy atom. The molecule has 5 rings (SSSR count). The van der Waals surface area contributed by atoms with Crippen LogP contribution in [0.2, 0.25) is 0 Å². The summed E-state index contributed by atoms with van der Waals surface area (Å²) in [5, 5.41) is 11.5. The minimum Gasteiger partial charge on any atom is -0.315 e. The van der Waals surface area contributed by atoms with Crippen LogP contribution in [0.1, 0.15) is 17.0 Å². The van der Waals surface area contributed by atoms with E-state index in [1.807, 2.05) is 36.4 Å². The SMILES string of the molecule is O=C(Cn1nnc2ccccc21)N(Cc1cncc(F)c1)c1ccc(C2CNC2)cc1. The van der Waals surface area contributed by atoms with E-state index in [4.69, 9.17) is 0 Å². The molecule has 1 amide bonds. The number of nitrogens with zero attached hydrogens (tertiary/aromatic N) is 5. The Bertz CT molecular complexity index is 1220. The molecule has 0 saturated carbocycles.